The molecule has 3 aromatic rings. The smallest absolute Gasteiger partial charge is 0.306 e. The number of hydrogen-bond acceptors (Lipinski definition) is 4. The van der Waals surface area contributed by atoms with E-state index in [1.165, 1.54) is 0 Å². The number of benzene rings is 3. The summed E-state index contributed by atoms with van der Waals surface area (Å²) < 4.78 is 5.31. The summed E-state index contributed by atoms with van der Waals surface area (Å²) in [5.41, 5.74) is 3.14. The second-order valence-electron chi connectivity index (χ2n) is 8.34. The van der Waals surface area contributed by atoms with E-state index in [9.17, 15) is 14.7 Å². The molecule has 3 rings (SSSR count). The molecule has 0 aliphatic carbocycles. The van der Waals surface area contributed by atoms with Crippen molar-refractivity contribution in [2.45, 2.75) is 39.2 Å². The Hall–Kier alpha value is -3.60. The van der Waals surface area contributed by atoms with Gasteiger partial charge in [-0.2, -0.15) is 0 Å². The van der Waals surface area contributed by atoms with Crippen LogP contribution in [0.1, 0.15) is 43.1 Å². The average molecular weight is 418 g/mol. The summed E-state index contributed by atoms with van der Waals surface area (Å²) in [4.78, 5) is 24.5. The summed E-state index contributed by atoms with van der Waals surface area (Å²) in [6.07, 6.45) is 0.819. The maximum atomic E-state index is 12.7. The first-order valence-electron chi connectivity index (χ1n) is 10.2. The highest BCUT2D eigenvalue weighted by Crippen LogP contribution is 2.30. The summed E-state index contributed by atoms with van der Waals surface area (Å²) in [5, 5.41) is 12.9. The van der Waals surface area contributed by atoms with Crippen LogP contribution in [0.25, 0.3) is 11.1 Å². The van der Waals surface area contributed by atoms with Gasteiger partial charge in [0.05, 0.1) is 5.69 Å². The fourth-order valence-corrected chi connectivity index (χ4v) is 3.10. The van der Waals surface area contributed by atoms with Gasteiger partial charge in [0.2, 0.25) is 0 Å². The molecule has 0 unspecified atom stereocenters. The molecule has 5 nitrogen and oxygen atoms in total. The Morgan fingerprint density at radius 3 is 2.23 bits per heavy atom. The molecule has 0 bridgehead atoms. The number of nitrogens with one attached hydrogen (secondary N) is 1. The van der Waals surface area contributed by atoms with Crippen molar-refractivity contribution in [1.29, 1.82) is 0 Å². The van der Waals surface area contributed by atoms with E-state index in [1.54, 1.807) is 30.3 Å². The summed E-state index contributed by atoms with van der Waals surface area (Å²) in [7, 11) is 0. The number of ether oxygens (including phenoxy) is 1. The molecule has 3 aromatic carbocycles. The molecule has 160 valence electrons. The fraction of sp³-hybridized carbons (Fsp3) is 0.231. The Bertz CT molecular complexity index is 1050. The van der Waals surface area contributed by atoms with Gasteiger partial charge in [-0.1, -0.05) is 48.5 Å². The van der Waals surface area contributed by atoms with Crippen molar-refractivity contribution < 1.29 is 19.4 Å². The van der Waals surface area contributed by atoms with Crippen molar-refractivity contribution in [3.63, 3.8) is 0 Å². The first-order valence-corrected chi connectivity index (χ1v) is 10.2. The van der Waals surface area contributed by atoms with Crippen LogP contribution in [0.5, 0.6) is 5.75 Å². The molecule has 0 saturated carbocycles. The van der Waals surface area contributed by atoms with E-state index < -0.39 is 5.60 Å². The first-order chi connectivity index (χ1) is 14.7. The highest BCUT2D eigenvalue weighted by atomic mass is 16.6. The maximum Gasteiger partial charge on any atom is 0.306 e. The van der Waals surface area contributed by atoms with Crippen LogP contribution >= 0.6 is 0 Å². The van der Waals surface area contributed by atoms with E-state index in [-0.39, 0.29) is 24.0 Å². The summed E-state index contributed by atoms with van der Waals surface area (Å²) in [6.45, 7) is 5.52. The molecule has 5 heteroatoms. The third-order valence-electron chi connectivity index (χ3n) is 4.61. The van der Waals surface area contributed by atoms with Gasteiger partial charge in [0.1, 0.15) is 11.4 Å². The van der Waals surface area contributed by atoms with Crippen molar-refractivity contribution >= 4 is 17.6 Å². The first kappa shape index (κ1) is 22.1. The third kappa shape index (κ3) is 6.44. The lowest BCUT2D eigenvalue weighted by Crippen LogP contribution is -2.24. The Morgan fingerprint density at radius 2 is 1.58 bits per heavy atom. The molecular weight excluding hydrogens is 390 g/mol. The van der Waals surface area contributed by atoms with E-state index in [4.69, 9.17) is 4.74 Å². The molecule has 0 spiro atoms. The summed E-state index contributed by atoms with van der Waals surface area (Å²) in [5.74, 6) is -0.565. The zero-order chi connectivity index (χ0) is 22.4. The predicted octanol–water partition coefficient (Wildman–Crippen LogP) is 5.59. The van der Waals surface area contributed by atoms with Gasteiger partial charge < -0.3 is 15.2 Å². The number of phenols is 1. The second kappa shape index (κ2) is 9.47. The normalized spacial score (nSPS) is 11.1. The van der Waals surface area contributed by atoms with Crippen LogP contribution in [0, 0.1) is 0 Å². The average Bonchev–Trinajstić information content (AvgIpc) is 2.73. The molecule has 0 aromatic heterocycles. The van der Waals surface area contributed by atoms with E-state index in [0.717, 1.165) is 16.7 Å². The number of aromatic hydroxyl groups is 1. The maximum absolute atomic E-state index is 12.7. The van der Waals surface area contributed by atoms with Crippen molar-refractivity contribution in [2.75, 3.05) is 5.32 Å². The molecule has 31 heavy (non-hydrogen) atoms. The number of rotatable bonds is 6. The van der Waals surface area contributed by atoms with Crippen LogP contribution in [-0.2, 0) is 16.0 Å². The van der Waals surface area contributed by atoms with Gasteiger partial charge in [-0.05, 0) is 68.1 Å². The fourth-order valence-electron chi connectivity index (χ4n) is 3.10. The predicted molar refractivity (Wildman–Crippen MR) is 122 cm³/mol. The van der Waals surface area contributed by atoms with Gasteiger partial charge in [-0.15, -0.1) is 0 Å². The molecule has 0 atom stereocenters. The Labute approximate surface area is 182 Å². The van der Waals surface area contributed by atoms with Gasteiger partial charge in [-0.25, -0.2) is 0 Å². The van der Waals surface area contributed by atoms with Crippen LogP contribution in [0.3, 0.4) is 0 Å². The summed E-state index contributed by atoms with van der Waals surface area (Å²) >= 11 is 0. The van der Waals surface area contributed by atoms with E-state index in [0.29, 0.717) is 17.7 Å². The third-order valence-corrected chi connectivity index (χ3v) is 4.61. The number of hydrogen-bond donors (Lipinski definition) is 2. The Balaban J connectivity index is 1.64. The van der Waals surface area contributed by atoms with Gasteiger partial charge >= 0.3 is 5.97 Å². The lowest BCUT2D eigenvalue weighted by molar-refractivity contribution is -0.154. The number of aryl methyl sites for hydroxylation is 1. The number of anilines is 1. The van der Waals surface area contributed by atoms with Crippen molar-refractivity contribution in [3.8, 4) is 16.9 Å². The topological polar surface area (TPSA) is 75.6 Å². The van der Waals surface area contributed by atoms with E-state index in [2.05, 4.69) is 5.32 Å². The molecule has 0 fully saturated rings. The van der Waals surface area contributed by atoms with Crippen molar-refractivity contribution in [3.05, 3.63) is 83.9 Å². The van der Waals surface area contributed by atoms with Crippen molar-refractivity contribution in [2.24, 2.45) is 0 Å². The van der Waals surface area contributed by atoms with Crippen LogP contribution in [0.2, 0.25) is 0 Å². The number of carbonyl (C=O) groups excluding carboxylic acids is 2. The van der Waals surface area contributed by atoms with Gasteiger partial charge in [0.25, 0.3) is 5.91 Å². The zero-order valence-corrected chi connectivity index (χ0v) is 18.0. The van der Waals surface area contributed by atoms with Gasteiger partial charge in [0, 0.05) is 12.0 Å². The van der Waals surface area contributed by atoms with Crippen LogP contribution in [-0.4, -0.2) is 22.6 Å². The monoisotopic (exact) mass is 417 g/mol. The molecule has 0 aliphatic heterocycles. The molecule has 0 heterocycles. The molecule has 1 amide bonds. The Kier molecular flexibility index (Phi) is 6.75. The van der Waals surface area contributed by atoms with Crippen LogP contribution < -0.4 is 5.32 Å². The molecule has 0 radical (unpaired) electrons. The number of amides is 1. The standard InChI is InChI=1S/C26H27NO4/c1-26(2,3)31-24(29)16-11-18-9-12-20(13-10-18)25(30)27-22-17-21(14-15-23(22)28)19-7-5-4-6-8-19/h4-10,12-15,17,28H,11,16H2,1-3H3,(H,27,30). The van der Waals surface area contributed by atoms with Crippen molar-refractivity contribution in [1.82, 2.24) is 0 Å². The van der Waals surface area contributed by atoms with Gasteiger partial charge in [-0.3, -0.25) is 9.59 Å². The van der Waals surface area contributed by atoms with Crippen LogP contribution in [0.4, 0.5) is 5.69 Å². The van der Waals surface area contributed by atoms with E-state index >= 15 is 0 Å². The minimum absolute atomic E-state index is 0.00186. The largest absolute Gasteiger partial charge is 0.506 e. The number of phenolic OH excluding ortho intramolecular Hbond substituents is 1. The summed E-state index contributed by atoms with van der Waals surface area (Å²) in [6, 6.07) is 21.9. The Morgan fingerprint density at radius 1 is 0.903 bits per heavy atom. The van der Waals surface area contributed by atoms with E-state index in [1.807, 2.05) is 63.2 Å². The molecule has 0 saturated heterocycles. The highest BCUT2D eigenvalue weighted by Gasteiger charge is 2.16. The second-order valence-corrected chi connectivity index (χ2v) is 8.34. The minimum Gasteiger partial charge on any atom is -0.506 e. The van der Waals surface area contributed by atoms with Gasteiger partial charge in [0.15, 0.2) is 0 Å². The molecule has 0 aliphatic rings. The number of carbonyl (C=O) groups is 2. The quantitative estimate of drug-likeness (QED) is 0.405. The highest BCUT2D eigenvalue weighted by molar-refractivity contribution is 6.05. The minimum atomic E-state index is -0.498. The SMILES string of the molecule is CC(C)(C)OC(=O)CCc1ccc(C(=O)Nc2cc(-c3ccccc3)ccc2O)cc1. The van der Waals surface area contributed by atoms with Crippen LogP contribution in [0.15, 0.2) is 72.8 Å². The zero-order valence-electron chi connectivity index (χ0n) is 18.0. The molecule has 2 N–H and O–H groups in total. The lowest BCUT2D eigenvalue weighted by Gasteiger charge is -2.19. The molecular formula is C26H27NO4. The number of esters is 1. The lowest BCUT2D eigenvalue weighted by atomic mass is 10.0.